The zero-order valence-electron chi connectivity index (χ0n) is 32.1. The van der Waals surface area contributed by atoms with E-state index >= 15 is 0 Å². The van der Waals surface area contributed by atoms with Gasteiger partial charge in [-0.25, -0.2) is 0 Å². The molecule has 2 aliphatic rings. The second-order valence-electron chi connectivity index (χ2n) is 8.11. The molecule has 2 aromatic carbocycles. The van der Waals surface area contributed by atoms with Gasteiger partial charge in [-0.2, -0.15) is 0 Å². The van der Waals surface area contributed by atoms with Crippen molar-refractivity contribution >= 4 is 5.91 Å². The smallest absolute Gasteiger partial charge is 0.227 e. The van der Waals surface area contributed by atoms with Crippen LogP contribution in [0.4, 0.5) is 0 Å². The van der Waals surface area contributed by atoms with E-state index in [1.54, 1.807) is 12.1 Å². The number of ether oxygens (including phenoxy) is 4. The molecule has 0 saturated heterocycles. The summed E-state index contributed by atoms with van der Waals surface area (Å²) in [6, 6.07) is 5.76. The highest BCUT2D eigenvalue weighted by molar-refractivity contribution is 5.80. The van der Waals surface area contributed by atoms with Gasteiger partial charge in [0.05, 0.1) is 42.9 Å². The molecule has 1 amide bonds. The average Bonchev–Trinajstić information content (AvgIpc) is 3.02. The molecule has 4 rings (SSSR count). The fourth-order valence-electron chi connectivity index (χ4n) is 4.34. The molecule has 7 heteroatoms. The van der Waals surface area contributed by atoms with E-state index in [-0.39, 0.29) is 48.8 Å². The molecule has 2 aromatic rings. The summed E-state index contributed by atoms with van der Waals surface area (Å²) in [5, 5.41) is 0. The van der Waals surface area contributed by atoms with E-state index in [0.717, 1.165) is 5.56 Å². The van der Waals surface area contributed by atoms with Gasteiger partial charge >= 0.3 is 0 Å². The SMILES string of the molecule is [2H]C([2H])([2H])Oc1cc2c(cc1OC([2H])([2H])[2H])CC(=O)N(CCC([2H])([2H])N(C([2H])([2H])[2H])C([2H])([2H])C1Cc3cc(OC)c(OC)cc31)CC2. The number of nitrogens with zero attached hydrogens (tertiary/aromatic N) is 2. The molecule has 0 radical (unpaired) electrons. The first kappa shape index (κ1) is 12.7. The van der Waals surface area contributed by atoms with Crippen molar-refractivity contribution in [2.45, 2.75) is 31.6 Å². The summed E-state index contributed by atoms with van der Waals surface area (Å²) in [4.78, 5) is 14.8. The Morgan fingerprint density at radius 1 is 1.00 bits per heavy atom. The molecule has 0 fully saturated rings. The van der Waals surface area contributed by atoms with Gasteiger partial charge in [-0.3, -0.25) is 4.79 Å². The van der Waals surface area contributed by atoms with Crippen LogP contribution in [-0.2, 0) is 24.1 Å². The molecular weight excluding hydrogens is 432 g/mol. The number of fused-ring (bicyclic) bond motifs is 2. The second kappa shape index (κ2) is 10.6. The van der Waals surface area contributed by atoms with E-state index in [0.29, 0.717) is 28.2 Å². The predicted molar refractivity (Wildman–Crippen MR) is 132 cm³/mol. The maximum absolute atomic E-state index is 13.3. The van der Waals surface area contributed by atoms with Crippen LogP contribution in [0.2, 0.25) is 0 Å². The normalized spacial score (nSPS) is 24.6. The molecule has 0 N–H and O–H groups in total. The van der Waals surface area contributed by atoms with E-state index in [4.69, 9.17) is 36.8 Å². The minimum Gasteiger partial charge on any atom is -0.493 e. The Balaban J connectivity index is 1.55. The Hall–Kier alpha value is -2.93. The van der Waals surface area contributed by atoms with E-state index in [1.807, 2.05) is 0 Å². The van der Waals surface area contributed by atoms with Gasteiger partial charge in [0.15, 0.2) is 23.0 Å². The quantitative estimate of drug-likeness (QED) is 0.519. The molecule has 1 unspecified atom stereocenters. The van der Waals surface area contributed by atoms with E-state index in [2.05, 4.69) is 0 Å². The lowest BCUT2D eigenvalue weighted by Crippen LogP contribution is -2.36. The van der Waals surface area contributed by atoms with Crippen LogP contribution in [0.3, 0.4) is 0 Å². The first-order chi connectivity index (χ1) is 21.5. The minimum absolute atomic E-state index is 0.0346. The first-order valence-electron chi connectivity index (χ1n) is 17.3. The number of benzene rings is 2. The van der Waals surface area contributed by atoms with Gasteiger partial charge in [0.2, 0.25) is 5.91 Å². The van der Waals surface area contributed by atoms with Crippen LogP contribution >= 0.6 is 0 Å². The number of hydrogen-bond acceptors (Lipinski definition) is 6. The first-order valence-corrected chi connectivity index (χ1v) is 10.8. The minimum atomic E-state index is -3.20. The number of rotatable bonds is 10. The molecule has 184 valence electrons. The summed E-state index contributed by atoms with van der Waals surface area (Å²) in [5.74, 6) is -1.46. The molecule has 7 nitrogen and oxygen atoms in total. The largest absolute Gasteiger partial charge is 0.493 e. The molecule has 0 spiro atoms. The van der Waals surface area contributed by atoms with Gasteiger partial charge < -0.3 is 28.7 Å². The van der Waals surface area contributed by atoms with E-state index < -0.39 is 52.3 Å². The monoisotopic (exact) mass is 481 g/mol. The lowest BCUT2D eigenvalue weighted by molar-refractivity contribution is -0.130. The Labute approximate surface area is 220 Å². The van der Waals surface area contributed by atoms with Crippen molar-refractivity contribution in [3.05, 3.63) is 46.5 Å². The van der Waals surface area contributed by atoms with Crippen molar-refractivity contribution in [3.8, 4) is 23.0 Å². The lowest BCUT2D eigenvalue weighted by Gasteiger charge is -2.34. The van der Waals surface area contributed by atoms with E-state index in [9.17, 15) is 4.79 Å². The van der Waals surface area contributed by atoms with Crippen LogP contribution < -0.4 is 18.9 Å². The zero-order valence-corrected chi connectivity index (χ0v) is 19.1. The zero-order chi connectivity index (χ0) is 35.3. The maximum Gasteiger partial charge on any atom is 0.227 e. The highest BCUT2D eigenvalue weighted by Gasteiger charge is 2.29. The third kappa shape index (κ3) is 4.94. The summed E-state index contributed by atoms with van der Waals surface area (Å²) >= 11 is 0. The van der Waals surface area contributed by atoms with Crippen molar-refractivity contribution in [1.29, 1.82) is 0 Å². The summed E-state index contributed by atoms with van der Waals surface area (Å²) in [5.41, 5.74) is 2.03. The number of hydrogen-bond donors (Lipinski definition) is 0. The number of carbonyl (C=O) groups is 1. The van der Waals surface area contributed by atoms with Crippen LogP contribution in [0.15, 0.2) is 24.3 Å². The topological polar surface area (TPSA) is 60.5 Å². The standard InChI is InChI=1S/C27H36N2O5/c1-28(17-21-11-20-14-25(33-4)26(34-5)16-22(20)21)8-6-9-29-10-7-18-12-23(31-2)24(32-3)13-19(18)15-27(29)30/h12-14,16,21H,6-11,15,17H2,1-5H3/i1D3,2D3,3D3,8D2,17D2. The number of methoxy groups -OCH3 is 4. The van der Waals surface area contributed by atoms with Gasteiger partial charge in [-0.05, 0) is 79.3 Å². The molecule has 0 bridgehead atoms. The van der Waals surface area contributed by atoms with Crippen LogP contribution in [0.1, 0.15) is 52.4 Å². The number of carbonyl (C=O) groups excluding carboxylic acids is 1. The fraction of sp³-hybridized carbons (Fsp3) is 0.519. The van der Waals surface area contributed by atoms with Gasteiger partial charge in [0.1, 0.15) is 0 Å². The lowest BCUT2D eigenvalue weighted by atomic mass is 9.77. The number of likely N-dealkylation sites (N-methyl/N-ethyl adjacent to an activating group) is 1. The van der Waals surface area contributed by atoms with Crippen molar-refractivity contribution < 1.29 is 41.6 Å². The van der Waals surface area contributed by atoms with Gasteiger partial charge in [-0.15, -0.1) is 0 Å². The van der Waals surface area contributed by atoms with Gasteiger partial charge in [0.25, 0.3) is 0 Å². The Bertz CT molecular complexity index is 1490. The molecule has 1 aliphatic heterocycles. The second-order valence-corrected chi connectivity index (χ2v) is 8.11. The molecular formula is C27H36N2O5. The summed E-state index contributed by atoms with van der Waals surface area (Å²) in [7, 11) is -2.99. The average molecular weight is 482 g/mol. The van der Waals surface area contributed by atoms with Gasteiger partial charge in [-0.1, -0.05) is 0 Å². The highest BCUT2D eigenvalue weighted by Crippen LogP contribution is 2.42. The molecule has 1 aliphatic carbocycles. The van der Waals surface area contributed by atoms with Crippen molar-refractivity contribution in [2.24, 2.45) is 0 Å². The Kier molecular flexibility index (Phi) is 3.94. The third-order valence-electron chi connectivity index (χ3n) is 6.21. The third-order valence-corrected chi connectivity index (χ3v) is 6.21. The summed E-state index contributed by atoms with van der Waals surface area (Å²) in [6.07, 6.45) is -0.532. The summed E-state index contributed by atoms with van der Waals surface area (Å²) < 4.78 is 125. The van der Waals surface area contributed by atoms with Crippen LogP contribution in [-0.4, -0.2) is 77.1 Å². The van der Waals surface area contributed by atoms with Crippen LogP contribution in [0.25, 0.3) is 0 Å². The van der Waals surface area contributed by atoms with Crippen LogP contribution in [0.5, 0.6) is 23.0 Å². The van der Waals surface area contributed by atoms with E-state index in [1.165, 1.54) is 31.3 Å². The number of amides is 1. The Morgan fingerprint density at radius 2 is 1.68 bits per heavy atom. The predicted octanol–water partition coefficient (Wildman–Crippen LogP) is 3.31. The Morgan fingerprint density at radius 3 is 2.38 bits per heavy atom. The molecule has 0 saturated carbocycles. The maximum atomic E-state index is 13.3. The van der Waals surface area contributed by atoms with Crippen molar-refractivity contribution in [3.63, 3.8) is 0 Å². The van der Waals surface area contributed by atoms with Crippen LogP contribution in [0, 0.1) is 0 Å². The van der Waals surface area contributed by atoms with Crippen molar-refractivity contribution in [2.75, 3.05) is 61.4 Å². The summed E-state index contributed by atoms with van der Waals surface area (Å²) in [6.45, 7) is -8.86. The molecule has 1 atom stereocenters. The highest BCUT2D eigenvalue weighted by atomic mass is 16.5. The van der Waals surface area contributed by atoms with Gasteiger partial charge in [0, 0.05) is 35.1 Å². The molecule has 0 aromatic heterocycles. The van der Waals surface area contributed by atoms with Crippen molar-refractivity contribution in [1.82, 2.24) is 9.80 Å². The molecule has 34 heavy (non-hydrogen) atoms. The fourth-order valence-corrected chi connectivity index (χ4v) is 4.34. The molecule has 1 heterocycles.